The standard InChI is InChI=1S/C19H20FNO3/c20-16-7-5-15(6-8-16)18(23)11-12-19(24)21-13-1-2-14-3-9-17(22)10-4-14/h3-10,22H,1-2,11-13H2,(H,21,24). The largest absolute Gasteiger partial charge is 0.508 e. The van der Waals surface area contributed by atoms with E-state index in [9.17, 15) is 19.1 Å². The first kappa shape index (κ1) is 17.7. The van der Waals surface area contributed by atoms with E-state index in [1.165, 1.54) is 24.3 Å². The Hall–Kier alpha value is -2.69. The fourth-order valence-corrected chi connectivity index (χ4v) is 2.28. The highest BCUT2D eigenvalue weighted by atomic mass is 19.1. The first-order valence-corrected chi connectivity index (χ1v) is 7.88. The maximum Gasteiger partial charge on any atom is 0.220 e. The summed E-state index contributed by atoms with van der Waals surface area (Å²) in [5.74, 6) is -0.499. The van der Waals surface area contributed by atoms with E-state index in [-0.39, 0.29) is 30.3 Å². The lowest BCUT2D eigenvalue weighted by atomic mass is 10.1. The monoisotopic (exact) mass is 329 g/mol. The first-order valence-electron chi connectivity index (χ1n) is 7.88. The van der Waals surface area contributed by atoms with E-state index in [2.05, 4.69) is 5.32 Å². The Morgan fingerprint density at radius 1 is 0.958 bits per heavy atom. The molecule has 126 valence electrons. The fraction of sp³-hybridized carbons (Fsp3) is 0.263. The molecule has 0 saturated heterocycles. The Morgan fingerprint density at radius 3 is 2.29 bits per heavy atom. The van der Waals surface area contributed by atoms with Crippen LogP contribution in [0.1, 0.15) is 35.2 Å². The van der Waals surface area contributed by atoms with Crippen molar-refractivity contribution >= 4 is 11.7 Å². The van der Waals surface area contributed by atoms with Crippen molar-refractivity contribution in [1.82, 2.24) is 5.32 Å². The zero-order chi connectivity index (χ0) is 17.4. The molecular weight excluding hydrogens is 309 g/mol. The third-order valence-corrected chi connectivity index (χ3v) is 3.65. The number of hydrogen-bond acceptors (Lipinski definition) is 3. The molecule has 0 aromatic heterocycles. The van der Waals surface area contributed by atoms with Crippen LogP contribution in [-0.4, -0.2) is 23.3 Å². The van der Waals surface area contributed by atoms with E-state index in [4.69, 9.17) is 0 Å². The second-order valence-electron chi connectivity index (χ2n) is 5.55. The number of rotatable bonds is 8. The van der Waals surface area contributed by atoms with Crippen molar-refractivity contribution in [3.63, 3.8) is 0 Å². The number of Topliss-reactive ketones (excluding diaryl/α,β-unsaturated/α-hetero) is 1. The first-order chi connectivity index (χ1) is 11.5. The van der Waals surface area contributed by atoms with Crippen LogP contribution in [-0.2, 0) is 11.2 Å². The number of aromatic hydroxyl groups is 1. The molecule has 0 spiro atoms. The lowest BCUT2D eigenvalue weighted by Crippen LogP contribution is -2.25. The molecule has 0 fully saturated rings. The van der Waals surface area contributed by atoms with Crippen molar-refractivity contribution in [2.45, 2.75) is 25.7 Å². The smallest absolute Gasteiger partial charge is 0.220 e. The molecule has 2 N–H and O–H groups in total. The fourth-order valence-electron chi connectivity index (χ4n) is 2.28. The maximum absolute atomic E-state index is 12.8. The molecule has 0 radical (unpaired) electrons. The molecule has 1 amide bonds. The number of aryl methyl sites for hydroxylation is 1. The third kappa shape index (κ3) is 5.83. The highest BCUT2D eigenvalue weighted by molar-refractivity contribution is 5.97. The van der Waals surface area contributed by atoms with Gasteiger partial charge >= 0.3 is 0 Å². The number of carbonyl (C=O) groups excluding carboxylic acids is 2. The number of phenolic OH excluding ortho intramolecular Hbond substituents is 1. The predicted octanol–water partition coefficient (Wildman–Crippen LogP) is 3.24. The van der Waals surface area contributed by atoms with Crippen LogP contribution >= 0.6 is 0 Å². The lowest BCUT2D eigenvalue weighted by Gasteiger charge is -2.06. The molecule has 0 bridgehead atoms. The van der Waals surface area contributed by atoms with Gasteiger partial charge < -0.3 is 10.4 Å². The molecule has 0 heterocycles. The van der Waals surface area contributed by atoms with E-state index < -0.39 is 5.82 Å². The van der Waals surface area contributed by atoms with Crippen molar-refractivity contribution in [3.8, 4) is 5.75 Å². The second kappa shape index (κ2) is 8.82. The zero-order valence-electron chi connectivity index (χ0n) is 13.3. The summed E-state index contributed by atoms with van der Waals surface area (Å²) in [6.45, 7) is 0.532. The SMILES string of the molecule is O=C(CCC(=O)c1ccc(F)cc1)NCCCc1ccc(O)cc1. The number of carbonyl (C=O) groups is 2. The minimum absolute atomic E-state index is 0.107. The second-order valence-corrected chi connectivity index (χ2v) is 5.55. The summed E-state index contributed by atoms with van der Waals surface area (Å²) in [6.07, 6.45) is 1.81. The van der Waals surface area contributed by atoms with Gasteiger partial charge in [0.05, 0.1) is 0 Å². The summed E-state index contributed by atoms with van der Waals surface area (Å²) >= 11 is 0. The summed E-state index contributed by atoms with van der Waals surface area (Å²) in [6, 6.07) is 12.3. The number of ketones is 1. The average Bonchev–Trinajstić information content (AvgIpc) is 2.59. The zero-order valence-corrected chi connectivity index (χ0v) is 13.3. The lowest BCUT2D eigenvalue weighted by molar-refractivity contribution is -0.121. The van der Waals surface area contributed by atoms with Gasteiger partial charge in [-0.3, -0.25) is 9.59 Å². The Bertz CT molecular complexity index is 681. The molecule has 0 unspecified atom stereocenters. The third-order valence-electron chi connectivity index (χ3n) is 3.65. The topological polar surface area (TPSA) is 66.4 Å². The van der Waals surface area contributed by atoms with Crippen LogP contribution in [0.4, 0.5) is 4.39 Å². The average molecular weight is 329 g/mol. The van der Waals surface area contributed by atoms with Crippen LogP contribution in [0.25, 0.3) is 0 Å². The highest BCUT2D eigenvalue weighted by Crippen LogP contribution is 2.11. The summed E-state index contributed by atoms with van der Waals surface area (Å²) in [4.78, 5) is 23.6. The van der Waals surface area contributed by atoms with Crippen molar-refractivity contribution in [2.24, 2.45) is 0 Å². The maximum atomic E-state index is 12.8. The van der Waals surface area contributed by atoms with Gasteiger partial charge in [0.1, 0.15) is 11.6 Å². The van der Waals surface area contributed by atoms with Crippen LogP contribution in [0.5, 0.6) is 5.75 Å². The van der Waals surface area contributed by atoms with Gasteiger partial charge in [-0.15, -0.1) is 0 Å². The molecule has 4 nitrogen and oxygen atoms in total. The quantitative estimate of drug-likeness (QED) is 0.577. The molecule has 2 aromatic rings. The van der Waals surface area contributed by atoms with Gasteiger partial charge in [-0.25, -0.2) is 4.39 Å². The molecule has 0 aliphatic rings. The molecule has 24 heavy (non-hydrogen) atoms. The van der Waals surface area contributed by atoms with Crippen molar-refractivity contribution in [3.05, 3.63) is 65.5 Å². The number of hydrogen-bond donors (Lipinski definition) is 2. The Balaban J connectivity index is 1.63. The number of benzene rings is 2. The van der Waals surface area contributed by atoms with Gasteiger partial charge in [0, 0.05) is 24.9 Å². The molecule has 2 rings (SSSR count). The molecular formula is C19H20FNO3. The summed E-state index contributed by atoms with van der Waals surface area (Å²) in [7, 11) is 0. The summed E-state index contributed by atoms with van der Waals surface area (Å²) < 4.78 is 12.8. The predicted molar refractivity (Wildman–Crippen MR) is 89.4 cm³/mol. The molecule has 0 atom stereocenters. The number of amides is 1. The van der Waals surface area contributed by atoms with Gasteiger partial charge in [-0.05, 0) is 54.8 Å². The Kier molecular flexibility index (Phi) is 6.49. The van der Waals surface area contributed by atoms with E-state index in [1.807, 2.05) is 12.1 Å². The summed E-state index contributed by atoms with van der Waals surface area (Å²) in [5, 5.41) is 12.0. The molecule has 0 saturated carbocycles. The Morgan fingerprint density at radius 2 is 1.62 bits per heavy atom. The van der Waals surface area contributed by atoms with Crippen LogP contribution in [0.3, 0.4) is 0 Å². The van der Waals surface area contributed by atoms with E-state index in [0.29, 0.717) is 12.1 Å². The Labute approximate surface area is 140 Å². The van der Waals surface area contributed by atoms with Gasteiger partial charge in [0.15, 0.2) is 5.78 Å². The van der Waals surface area contributed by atoms with Gasteiger partial charge in [0.2, 0.25) is 5.91 Å². The van der Waals surface area contributed by atoms with Gasteiger partial charge in [0.25, 0.3) is 0 Å². The molecule has 2 aromatic carbocycles. The normalized spacial score (nSPS) is 10.4. The van der Waals surface area contributed by atoms with E-state index >= 15 is 0 Å². The van der Waals surface area contributed by atoms with E-state index in [0.717, 1.165) is 18.4 Å². The van der Waals surface area contributed by atoms with Crippen molar-refractivity contribution in [1.29, 1.82) is 0 Å². The molecule has 5 heteroatoms. The van der Waals surface area contributed by atoms with Crippen LogP contribution < -0.4 is 5.32 Å². The van der Waals surface area contributed by atoms with Crippen LogP contribution in [0, 0.1) is 5.82 Å². The van der Waals surface area contributed by atoms with Crippen LogP contribution in [0.2, 0.25) is 0 Å². The molecule has 0 aliphatic heterocycles. The van der Waals surface area contributed by atoms with Gasteiger partial charge in [-0.2, -0.15) is 0 Å². The van der Waals surface area contributed by atoms with E-state index in [1.54, 1.807) is 12.1 Å². The number of nitrogens with one attached hydrogen (secondary N) is 1. The van der Waals surface area contributed by atoms with Crippen molar-refractivity contribution in [2.75, 3.05) is 6.54 Å². The minimum Gasteiger partial charge on any atom is -0.508 e. The van der Waals surface area contributed by atoms with Crippen molar-refractivity contribution < 1.29 is 19.1 Å². The van der Waals surface area contributed by atoms with Gasteiger partial charge in [-0.1, -0.05) is 12.1 Å². The van der Waals surface area contributed by atoms with Crippen LogP contribution in [0.15, 0.2) is 48.5 Å². The molecule has 0 aliphatic carbocycles. The minimum atomic E-state index is -0.391. The number of phenols is 1. The number of halogens is 1. The highest BCUT2D eigenvalue weighted by Gasteiger charge is 2.09. The summed E-state index contributed by atoms with van der Waals surface area (Å²) in [5.41, 5.74) is 1.50.